The molecular formula is C20H15BrClN3O6. The van der Waals surface area contributed by atoms with Crippen LogP contribution in [0.25, 0.3) is 12.2 Å². The third-order valence-corrected chi connectivity index (χ3v) is 4.96. The Morgan fingerprint density at radius 3 is 2.52 bits per heavy atom. The summed E-state index contributed by atoms with van der Waals surface area (Å²) in [6, 6.07) is 10.6. The second-order valence-electron chi connectivity index (χ2n) is 6.21. The highest BCUT2D eigenvalue weighted by Crippen LogP contribution is 2.37. The molecule has 0 aliphatic heterocycles. The van der Waals surface area contributed by atoms with E-state index in [0.717, 1.165) is 5.56 Å². The number of nitrogens with one attached hydrogen (secondary N) is 2. The van der Waals surface area contributed by atoms with Gasteiger partial charge in [0, 0.05) is 5.02 Å². The van der Waals surface area contributed by atoms with Crippen LogP contribution in [0.5, 0.6) is 11.5 Å². The van der Waals surface area contributed by atoms with Crippen molar-refractivity contribution >= 4 is 45.4 Å². The summed E-state index contributed by atoms with van der Waals surface area (Å²) in [4.78, 5) is 37.6. The number of aromatic nitrogens is 2. The van der Waals surface area contributed by atoms with Crippen molar-refractivity contribution in [3.05, 3.63) is 93.7 Å². The smallest absolute Gasteiger partial charge is 0.357 e. The first-order chi connectivity index (χ1) is 14.8. The van der Waals surface area contributed by atoms with E-state index in [0.29, 0.717) is 26.6 Å². The second-order valence-corrected chi connectivity index (χ2v) is 7.50. The monoisotopic (exact) mass is 507 g/mol. The van der Waals surface area contributed by atoms with Gasteiger partial charge in [0.15, 0.2) is 11.5 Å². The number of benzene rings is 2. The van der Waals surface area contributed by atoms with Gasteiger partial charge in [-0.15, -0.1) is 0 Å². The van der Waals surface area contributed by atoms with Gasteiger partial charge in [0.25, 0.3) is 0 Å². The molecular weight excluding hydrogens is 494 g/mol. The standard InChI is InChI=1S/C20H15BrClN3O6/c1-30-16-9-12(4-7-15-17(25(28)29)19(26)24-20(27)23-15)8-14(21)18(16)31-10-11-2-5-13(22)6-3-11/h2-9H,10H2,1H3,(H2,23,24,26,27)/b7-4-. The van der Waals surface area contributed by atoms with Crippen LogP contribution < -0.4 is 20.7 Å². The fourth-order valence-corrected chi connectivity index (χ4v) is 3.39. The van der Waals surface area contributed by atoms with Crippen LogP contribution >= 0.6 is 27.5 Å². The molecule has 0 fully saturated rings. The van der Waals surface area contributed by atoms with Crippen LogP contribution in [0.4, 0.5) is 5.69 Å². The maximum Gasteiger partial charge on any atom is 0.357 e. The van der Waals surface area contributed by atoms with Gasteiger partial charge in [-0.05, 0) is 57.4 Å². The van der Waals surface area contributed by atoms with E-state index in [-0.39, 0.29) is 12.3 Å². The molecule has 2 N–H and O–H groups in total. The lowest BCUT2D eigenvalue weighted by Crippen LogP contribution is -2.25. The molecule has 0 amide bonds. The zero-order chi connectivity index (χ0) is 22.5. The van der Waals surface area contributed by atoms with Crippen LogP contribution in [-0.2, 0) is 6.61 Å². The summed E-state index contributed by atoms with van der Waals surface area (Å²) < 4.78 is 11.8. The molecule has 11 heteroatoms. The molecule has 3 aromatic rings. The maximum atomic E-state index is 11.7. The molecule has 0 bridgehead atoms. The van der Waals surface area contributed by atoms with Gasteiger partial charge in [0.05, 0.1) is 16.5 Å². The molecule has 0 saturated heterocycles. The normalized spacial score (nSPS) is 10.9. The molecule has 3 rings (SSSR count). The summed E-state index contributed by atoms with van der Waals surface area (Å²) >= 11 is 9.32. The van der Waals surface area contributed by atoms with Crippen LogP contribution in [0.1, 0.15) is 16.8 Å². The summed E-state index contributed by atoms with van der Waals surface area (Å²) in [5.41, 5.74) is -1.43. The van der Waals surface area contributed by atoms with E-state index >= 15 is 0 Å². The quantitative estimate of drug-likeness (QED) is 0.365. The fraction of sp³-hybridized carbons (Fsp3) is 0.100. The highest BCUT2D eigenvalue weighted by atomic mass is 79.9. The van der Waals surface area contributed by atoms with Gasteiger partial charge in [-0.3, -0.25) is 19.9 Å². The van der Waals surface area contributed by atoms with Crippen LogP contribution in [0.2, 0.25) is 5.02 Å². The van der Waals surface area contributed by atoms with Crippen molar-refractivity contribution in [3.63, 3.8) is 0 Å². The molecule has 0 spiro atoms. The number of hydrogen-bond donors (Lipinski definition) is 2. The lowest BCUT2D eigenvalue weighted by atomic mass is 10.1. The Morgan fingerprint density at radius 1 is 1.16 bits per heavy atom. The molecule has 1 aromatic heterocycles. The van der Waals surface area contributed by atoms with Gasteiger partial charge in [-0.1, -0.05) is 29.8 Å². The SMILES string of the molecule is COc1cc(/C=C\c2[nH]c(=O)[nH]c(=O)c2[N+](=O)[O-])cc(Br)c1OCc1ccc(Cl)cc1. The molecule has 0 radical (unpaired) electrons. The Morgan fingerprint density at radius 2 is 1.87 bits per heavy atom. The predicted molar refractivity (Wildman–Crippen MR) is 120 cm³/mol. The Balaban J connectivity index is 1.90. The lowest BCUT2D eigenvalue weighted by molar-refractivity contribution is -0.386. The van der Waals surface area contributed by atoms with Crippen molar-refractivity contribution in [1.82, 2.24) is 9.97 Å². The summed E-state index contributed by atoms with van der Waals surface area (Å²) in [5.74, 6) is 0.877. The number of halogens is 2. The minimum atomic E-state index is -1.09. The van der Waals surface area contributed by atoms with E-state index in [4.69, 9.17) is 21.1 Å². The first kappa shape index (κ1) is 22.3. The van der Waals surface area contributed by atoms with E-state index in [1.165, 1.54) is 19.3 Å². The number of methoxy groups -OCH3 is 1. The van der Waals surface area contributed by atoms with Gasteiger partial charge >= 0.3 is 16.9 Å². The fourth-order valence-electron chi connectivity index (χ4n) is 2.69. The summed E-state index contributed by atoms with van der Waals surface area (Å²) in [6.45, 7) is 0.279. The average molecular weight is 509 g/mol. The molecule has 0 atom stereocenters. The van der Waals surface area contributed by atoms with Crippen molar-refractivity contribution in [2.45, 2.75) is 6.61 Å². The molecule has 0 unspecified atom stereocenters. The third kappa shape index (κ3) is 5.41. The van der Waals surface area contributed by atoms with Crippen molar-refractivity contribution in [2.75, 3.05) is 7.11 Å². The minimum absolute atomic E-state index is 0.225. The van der Waals surface area contributed by atoms with E-state index in [1.54, 1.807) is 24.3 Å². The molecule has 2 aromatic carbocycles. The lowest BCUT2D eigenvalue weighted by Gasteiger charge is -2.13. The van der Waals surface area contributed by atoms with E-state index in [2.05, 4.69) is 20.9 Å². The molecule has 0 aliphatic carbocycles. The molecule has 31 heavy (non-hydrogen) atoms. The summed E-state index contributed by atoms with van der Waals surface area (Å²) in [5, 5.41) is 11.8. The average Bonchev–Trinajstić information content (AvgIpc) is 2.71. The summed E-state index contributed by atoms with van der Waals surface area (Å²) in [7, 11) is 1.48. The minimum Gasteiger partial charge on any atom is -0.493 e. The van der Waals surface area contributed by atoms with Gasteiger partial charge < -0.3 is 14.5 Å². The third-order valence-electron chi connectivity index (χ3n) is 4.12. The van der Waals surface area contributed by atoms with Gasteiger partial charge in [0.2, 0.25) is 0 Å². The molecule has 1 heterocycles. The van der Waals surface area contributed by atoms with E-state index in [9.17, 15) is 19.7 Å². The van der Waals surface area contributed by atoms with Crippen LogP contribution in [0.3, 0.4) is 0 Å². The Kier molecular flexibility index (Phi) is 6.93. The van der Waals surface area contributed by atoms with E-state index < -0.39 is 21.9 Å². The number of ether oxygens (including phenoxy) is 2. The highest BCUT2D eigenvalue weighted by Gasteiger charge is 2.19. The Hall–Kier alpha value is -3.37. The number of nitro groups is 1. The number of H-pyrrole nitrogens is 2. The van der Waals surface area contributed by atoms with Crippen LogP contribution in [0, 0.1) is 10.1 Å². The van der Waals surface area contributed by atoms with Crippen LogP contribution in [0.15, 0.2) is 50.5 Å². The largest absolute Gasteiger partial charge is 0.493 e. The number of aromatic amines is 2. The number of rotatable bonds is 7. The first-order valence-electron chi connectivity index (χ1n) is 8.72. The van der Waals surface area contributed by atoms with Crippen molar-refractivity contribution in [2.24, 2.45) is 0 Å². The molecule has 0 aliphatic rings. The van der Waals surface area contributed by atoms with Gasteiger partial charge in [-0.2, -0.15) is 0 Å². The zero-order valence-electron chi connectivity index (χ0n) is 16.0. The van der Waals surface area contributed by atoms with Crippen molar-refractivity contribution in [3.8, 4) is 11.5 Å². The zero-order valence-corrected chi connectivity index (χ0v) is 18.3. The topological polar surface area (TPSA) is 127 Å². The Labute approximate surface area is 188 Å². The maximum absolute atomic E-state index is 11.7. The van der Waals surface area contributed by atoms with Gasteiger partial charge in [0.1, 0.15) is 12.3 Å². The van der Waals surface area contributed by atoms with Crippen LogP contribution in [-0.4, -0.2) is 22.0 Å². The Bertz CT molecular complexity index is 1270. The second kappa shape index (κ2) is 9.63. The van der Waals surface area contributed by atoms with Crippen molar-refractivity contribution in [1.29, 1.82) is 0 Å². The predicted octanol–water partition coefficient (Wildman–Crippen LogP) is 4.15. The number of hydrogen-bond acceptors (Lipinski definition) is 6. The van der Waals surface area contributed by atoms with E-state index in [1.807, 2.05) is 17.1 Å². The summed E-state index contributed by atoms with van der Waals surface area (Å²) in [6.07, 6.45) is 2.76. The number of nitrogens with zero attached hydrogens (tertiary/aromatic N) is 1. The van der Waals surface area contributed by atoms with Crippen molar-refractivity contribution < 1.29 is 14.4 Å². The molecule has 0 saturated carbocycles. The van der Waals surface area contributed by atoms with Gasteiger partial charge in [-0.25, -0.2) is 4.79 Å². The molecule has 160 valence electrons. The molecule has 9 nitrogen and oxygen atoms in total. The first-order valence-corrected chi connectivity index (χ1v) is 9.89. The highest BCUT2D eigenvalue weighted by molar-refractivity contribution is 9.10.